The molecule has 3 aromatic heterocycles. The van der Waals surface area contributed by atoms with Crippen molar-refractivity contribution in [3.63, 3.8) is 0 Å². The molecule has 0 amide bonds. The molecule has 0 bridgehead atoms. The van der Waals surface area contributed by atoms with Crippen molar-refractivity contribution >= 4 is 11.5 Å². The predicted octanol–water partition coefficient (Wildman–Crippen LogP) is 1.03. The van der Waals surface area contributed by atoms with Crippen LogP contribution in [-0.4, -0.2) is 19.7 Å². The van der Waals surface area contributed by atoms with Crippen LogP contribution in [0.25, 0.3) is 0 Å². The third-order valence-corrected chi connectivity index (χ3v) is 2.77. The number of aromatic nitrogens is 4. The van der Waals surface area contributed by atoms with Gasteiger partial charge in [0, 0.05) is 28.8 Å². The molecular weight excluding hydrogens is 296 g/mol. The number of nitrogens with one attached hydrogen (secondary N) is 4. The topological polar surface area (TPSA) is 128 Å². The van der Waals surface area contributed by atoms with E-state index in [1.165, 1.54) is 23.7 Å². The molecule has 0 radical (unpaired) electrons. The fraction of sp³-hybridized carbons (Fsp3) is 0.250. The first-order chi connectivity index (χ1) is 9.86. The van der Waals surface area contributed by atoms with Crippen LogP contribution in [0.2, 0.25) is 0 Å². The normalized spacial score (nSPS) is 9.29. The van der Waals surface area contributed by atoms with Crippen molar-refractivity contribution in [1.82, 2.24) is 19.7 Å². The van der Waals surface area contributed by atoms with Gasteiger partial charge in [-0.2, -0.15) is 5.16 Å². The minimum atomic E-state index is -0.183. The molecule has 114 valence electrons. The number of hydrogen-bond donors (Lipinski definition) is 4. The van der Waals surface area contributed by atoms with Crippen molar-refractivity contribution < 1.29 is 4.52 Å². The van der Waals surface area contributed by atoms with Gasteiger partial charge in [0.15, 0.2) is 0 Å². The van der Waals surface area contributed by atoms with Crippen LogP contribution in [-0.2, 0) is 0 Å². The van der Waals surface area contributed by atoms with Gasteiger partial charge in [0.2, 0.25) is 0 Å². The van der Waals surface area contributed by atoms with E-state index < -0.39 is 0 Å². The van der Waals surface area contributed by atoms with Gasteiger partial charge in [-0.15, -0.1) is 0 Å². The van der Waals surface area contributed by atoms with E-state index in [0.717, 1.165) is 10.6 Å². The number of aryl methyl sites for hydroxylation is 3. The maximum Gasteiger partial charge on any atom is 0.280 e. The first-order valence-electron chi connectivity index (χ1n) is 5.91. The summed E-state index contributed by atoms with van der Waals surface area (Å²) >= 11 is 1.37. The molecule has 0 saturated heterocycles. The van der Waals surface area contributed by atoms with Crippen LogP contribution in [0.5, 0.6) is 0 Å². The molecule has 0 fully saturated rings. The standard InChI is InChI=1S/C4H6N2O.C4H5NO2.C4H5NOS/c1-3-2-4(7)6-5-3;2*1-3-2-4(6)5-7-3/h2H,1H3,(H2,5,6,7);2*2H,1H3,(H,5,6). The lowest BCUT2D eigenvalue weighted by atomic mass is 10.5. The van der Waals surface area contributed by atoms with Gasteiger partial charge in [-0.25, -0.2) is 0 Å². The van der Waals surface area contributed by atoms with Crippen molar-refractivity contribution in [2.75, 3.05) is 0 Å². The van der Waals surface area contributed by atoms with Crippen molar-refractivity contribution in [3.8, 4) is 0 Å². The second kappa shape index (κ2) is 7.90. The molecule has 3 heterocycles. The summed E-state index contributed by atoms with van der Waals surface area (Å²) in [5, 5.41) is 7.16. The SMILES string of the molecule is Cc1cc(=O)[nH][nH]1.Cc1cc(=O)[nH]o1.Cc1cc(=O)[nH]s1. The molecule has 0 saturated carbocycles. The van der Waals surface area contributed by atoms with E-state index in [9.17, 15) is 14.4 Å². The Balaban J connectivity index is 0.000000157. The summed E-state index contributed by atoms with van der Waals surface area (Å²) in [6.07, 6.45) is 0. The van der Waals surface area contributed by atoms with Crippen molar-refractivity contribution in [2.45, 2.75) is 20.8 Å². The maximum atomic E-state index is 10.2. The fourth-order valence-electron chi connectivity index (χ4n) is 1.18. The van der Waals surface area contributed by atoms with Gasteiger partial charge < -0.3 is 9.62 Å². The Hall–Kier alpha value is -2.55. The Bertz CT molecular complexity index is 707. The van der Waals surface area contributed by atoms with E-state index in [0.29, 0.717) is 5.76 Å². The van der Waals surface area contributed by atoms with E-state index in [1.807, 2.05) is 13.8 Å². The molecule has 3 aromatic rings. The van der Waals surface area contributed by atoms with Crippen LogP contribution >= 0.6 is 11.5 Å². The van der Waals surface area contributed by atoms with Crippen molar-refractivity contribution in [2.24, 2.45) is 0 Å². The first-order valence-corrected chi connectivity index (χ1v) is 6.73. The van der Waals surface area contributed by atoms with Crippen LogP contribution in [0.1, 0.15) is 16.3 Å². The molecular formula is C12H16N4O4S. The lowest BCUT2D eigenvalue weighted by Crippen LogP contribution is -1.93. The highest BCUT2D eigenvalue weighted by Crippen LogP contribution is 1.94. The van der Waals surface area contributed by atoms with E-state index in [4.69, 9.17) is 0 Å². The Labute approximate surface area is 123 Å². The Kier molecular flexibility index (Phi) is 6.21. The van der Waals surface area contributed by atoms with Crippen molar-refractivity contribution in [1.29, 1.82) is 0 Å². The lowest BCUT2D eigenvalue weighted by Gasteiger charge is -1.69. The molecule has 0 spiro atoms. The molecule has 0 atom stereocenters. The highest BCUT2D eigenvalue weighted by atomic mass is 32.1. The molecule has 0 aromatic carbocycles. The minimum Gasteiger partial charge on any atom is -0.384 e. The van der Waals surface area contributed by atoms with E-state index in [1.54, 1.807) is 13.0 Å². The van der Waals surface area contributed by atoms with Crippen LogP contribution in [0.4, 0.5) is 0 Å². The molecule has 0 aliphatic carbocycles. The Morgan fingerprint density at radius 1 is 0.905 bits per heavy atom. The van der Waals surface area contributed by atoms with Gasteiger partial charge in [0.1, 0.15) is 5.76 Å². The summed E-state index contributed by atoms with van der Waals surface area (Å²) in [7, 11) is 0. The van der Waals surface area contributed by atoms with Crippen LogP contribution < -0.4 is 16.7 Å². The number of rotatable bonds is 0. The largest absolute Gasteiger partial charge is 0.384 e. The third kappa shape index (κ3) is 6.97. The maximum absolute atomic E-state index is 10.2. The quantitative estimate of drug-likeness (QED) is 0.494. The van der Waals surface area contributed by atoms with Crippen LogP contribution in [0.3, 0.4) is 0 Å². The average molecular weight is 312 g/mol. The van der Waals surface area contributed by atoms with Crippen molar-refractivity contribution in [3.05, 3.63) is 65.6 Å². The third-order valence-electron chi connectivity index (χ3n) is 2.02. The summed E-state index contributed by atoms with van der Waals surface area (Å²) in [6, 6.07) is 4.46. The molecule has 3 rings (SSSR count). The van der Waals surface area contributed by atoms with Gasteiger partial charge in [-0.05, 0) is 20.8 Å². The fourth-order valence-corrected chi connectivity index (χ4v) is 1.66. The van der Waals surface area contributed by atoms with Gasteiger partial charge in [-0.1, -0.05) is 11.5 Å². The van der Waals surface area contributed by atoms with Gasteiger partial charge in [0.05, 0.1) is 0 Å². The number of hydrogen-bond acceptors (Lipinski definition) is 5. The van der Waals surface area contributed by atoms with E-state index in [-0.39, 0.29) is 16.7 Å². The zero-order chi connectivity index (χ0) is 15.8. The Morgan fingerprint density at radius 2 is 1.62 bits per heavy atom. The van der Waals surface area contributed by atoms with E-state index in [2.05, 4.69) is 24.3 Å². The first kappa shape index (κ1) is 16.5. The van der Waals surface area contributed by atoms with Crippen LogP contribution in [0.15, 0.2) is 37.1 Å². The molecule has 0 unspecified atom stereocenters. The smallest absolute Gasteiger partial charge is 0.280 e. The predicted molar refractivity (Wildman–Crippen MR) is 79.9 cm³/mol. The molecule has 0 aliphatic rings. The number of aromatic amines is 4. The highest BCUT2D eigenvalue weighted by molar-refractivity contribution is 7.05. The average Bonchev–Trinajstić information content (AvgIpc) is 3.06. The second-order valence-corrected chi connectivity index (χ2v) is 5.14. The van der Waals surface area contributed by atoms with Gasteiger partial charge in [-0.3, -0.25) is 23.9 Å². The Morgan fingerprint density at radius 3 is 1.76 bits per heavy atom. The summed E-state index contributed by atoms with van der Waals surface area (Å²) in [5.41, 5.74) is 0.613. The molecule has 4 N–H and O–H groups in total. The van der Waals surface area contributed by atoms with Crippen LogP contribution in [0, 0.1) is 20.8 Å². The highest BCUT2D eigenvalue weighted by Gasteiger charge is 1.85. The summed E-state index contributed by atoms with van der Waals surface area (Å²) < 4.78 is 7.08. The van der Waals surface area contributed by atoms with E-state index >= 15 is 0 Å². The molecule has 0 aliphatic heterocycles. The zero-order valence-corrected chi connectivity index (χ0v) is 12.6. The summed E-state index contributed by atoms with van der Waals surface area (Å²) in [5.74, 6) is 0.616. The molecule has 8 nitrogen and oxygen atoms in total. The zero-order valence-electron chi connectivity index (χ0n) is 11.8. The number of H-pyrrole nitrogens is 4. The second-order valence-electron chi connectivity index (χ2n) is 4.09. The molecule has 9 heteroatoms. The minimum absolute atomic E-state index is 0.00231. The van der Waals surface area contributed by atoms with Gasteiger partial charge >= 0.3 is 0 Å². The molecule has 21 heavy (non-hydrogen) atoms. The summed E-state index contributed by atoms with van der Waals surface area (Å²) in [6.45, 7) is 5.42. The van der Waals surface area contributed by atoms with Gasteiger partial charge in [0.25, 0.3) is 16.7 Å². The monoisotopic (exact) mass is 312 g/mol. The summed E-state index contributed by atoms with van der Waals surface area (Å²) in [4.78, 5) is 31.6. The lowest BCUT2D eigenvalue weighted by molar-refractivity contribution is 0.392.